The quantitative estimate of drug-likeness (QED) is 0.774. The van der Waals surface area contributed by atoms with E-state index in [0.717, 1.165) is 0 Å². The number of hydrogen-bond donors (Lipinski definition) is 0. The molecule has 26 heavy (non-hydrogen) atoms. The summed E-state index contributed by atoms with van der Waals surface area (Å²) < 4.78 is 19.6. The molecule has 1 saturated heterocycles. The lowest BCUT2D eigenvalue weighted by atomic mass is 10.2. The molecule has 2 amide bonds. The molecule has 0 saturated carbocycles. The van der Waals surface area contributed by atoms with Crippen molar-refractivity contribution in [3.8, 4) is 11.5 Å². The molecule has 1 aliphatic heterocycles. The summed E-state index contributed by atoms with van der Waals surface area (Å²) in [7, 11) is 0. The zero-order valence-electron chi connectivity index (χ0n) is 14.3. The SMILES string of the molecule is CCN1CN(C(=O)/C=C/c2ccc(Oc3cccnc3)c(F)c2)CC1=O. The van der Waals surface area contributed by atoms with Gasteiger partial charge in [-0.2, -0.15) is 0 Å². The first-order valence-electron chi connectivity index (χ1n) is 8.19. The van der Waals surface area contributed by atoms with Crippen LogP contribution in [0.1, 0.15) is 12.5 Å². The Morgan fingerprint density at radius 2 is 2.23 bits per heavy atom. The largest absolute Gasteiger partial charge is 0.453 e. The number of carbonyl (C=O) groups excluding carboxylic acids is 2. The maximum Gasteiger partial charge on any atom is 0.248 e. The van der Waals surface area contributed by atoms with Crippen LogP contribution in [-0.2, 0) is 9.59 Å². The molecule has 1 fully saturated rings. The molecule has 0 aliphatic carbocycles. The molecular formula is C19H18FN3O3. The molecule has 0 atom stereocenters. The van der Waals surface area contributed by atoms with Gasteiger partial charge in [-0.25, -0.2) is 4.39 Å². The van der Waals surface area contributed by atoms with Crippen LogP contribution in [-0.4, -0.2) is 46.4 Å². The summed E-state index contributed by atoms with van der Waals surface area (Å²) in [6.07, 6.45) is 5.94. The maximum atomic E-state index is 14.2. The second-order valence-electron chi connectivity index (χ2n) is 5.74. The van der Waals surface area contributed by atoms with Crippen molar-refractivity contribution in [3.05, 3.63) is 60.2 Å². The highest BCUT2D eigenvalue weighted by molar-refractivity contribution is 5.96. The third-order valence-electron chi connectivity index (χ3n) is 3.95. The number of benzene rings is 1. The summed E-state index contributed by atoms with van der Waals surface area (Å²) in [5, 5.41) is 0. The van der Waals surface area contributed by atoms with Crippen LogP contribution in [0, 0.1) is 5.82 Å². The molecule has 0 spiro atoms. The number of rotatable bonds is 5. The van der Waals surface area contributed by atoms with E-state index < -0.39 is 5.82 Å². The van der Waals surface area contributed by atoms with E-state index in [9.17, 15) is 14.0 Å². The van der Waals surface area contributed by atoms with Crippen molar-refractivity contribution in [2.45, 2.75) is 6.92 Å². The van der Waals surface area contributed by atoms with E-state index >= 15 is 0 Å². The predicted molar refractivity (Wildman–Crippen MR) is 93.7 cm³/mol. The van der Waals surface area contributed by atoms with E-state index in [2.05, 4.69) is 4.98 Å². The molecule has 1 aromatic heterocycles. The lowest BCUT2D eigenvalue weighted by Gasteiger charge is -2.14. The van der Waals surface area contributed by atoms with E-state index in [0.29, 0.717) is 17.9 Å². The number of pyridine rings is 1. The van der Waals surface area contributed by atoms with Crippen molar-refractivity contribution < 1.29 is 18.7 Å². The fourth-order valence-corrected chi connectivity index (χ4v) is 2.53. The van der Waals surface area contributed by atoms with Gasteiger partial charge < -0.3 is 14.5 Å². The minimum atomic E-state index is -0.544. The second-order valence-corrected chi connectivity index (χ2v) is 5.74. The maximum absolute atomic E-state index is 14.2. The molecule has 134 valence electrons. The monoisotopic (exact) mass is 355 g/mol. The summed E-state index contributed by atoms with van der Waals surface area (Å²) in [6.45, 7) is 2.78. The van der Waals surface area contributed by atoms with Gasteiger partial charge in [-0.15, -0.1) is 0 Å². The molecule has 2 heterocycles. The van der Waals surface area contributed by atoms with Crippen molar-refractivity contribution in [1.29, 1.82) is 0 Å². The minimum absolute atomic E-state index is 0.0720. The van der Waals surface area contributed by atoms with Crippen LogP contribution in [0.25, 0.3) is 6.08 Å². The number of nitrogens with zero attached hydrogens (tertiary/aromatic N) is 3. The van der Waals surface area contributed by atoms with Crippen LogP contribution in [0.5, 0.6) is 11.5 Å². The smallest absolute Gasteiger partial charge is 0.248 e. The van der Waals surface area contributed by atoms with Crippen LogP contribution >= 0.6 is 0 Å². The highest BCUT2D eigenvalue weighted by Gasteiger charge is 2.28. The standard InChI is InChI=1S/C19H18FN3O3/c1-2-22-13-23(12-19(22)25)18(24)8-6-14-5-7-17(16(20)10-14)26-15-4-3-9-21-11-15/h3-11H,2,12-13H2,1H3/b8-6+. The average Bonchev–Trinajstić information content (AvgIpc) is 3.03. The van der Waals surface area contributed by atoms with Crippen molar-refractivity contribution in [3.63, 3.8) is 0 Å². The topological polar surface area (TPSA) is 62.7 Å². The molecule has 7 heteroatoms. The highest BCUT2D eigenvalue weighted by atomic mass is 19.1. The van der Waals surface area contributed by atoms with Crippen LogP contribution in [0.2, 0.25) is 0 Å². The fourth-order valence-electron chi connectivity index (χ4n) is 2.53. The van der Waals surface area contributed by atoms with E-state index in [1.165, 1.54) is 35.4 Å². The number of aromatic nitrogens is 1. The number of hydrogen-bond acceptors (Lipinski definition) is 4. The van der Waals surface area contributed by atoms with Gasteiger partial charge in [0.05, 0.1) is 12.9 Å². The fraction of sp³-hybridized carbons (Fsp3) is 0.211. The van der Waals surface area contributed by atoms with Gasteiger partial charge in [0.25, 0.3) is 0 Å². The number of amides is 2. The van der Waals surface area contributed by atoms with E-state index in [1.54, 1.807) is 29.3 Å². The molecule has 0 N–H and O–H groups in total. The molecule has 6 nitrogen and oxygen atoms in total. The van der Waals surface area contributed by atoms with Crippen LogP contribution in [0.4, 0.5) is 4.39 Å². The third kappa shape index (κ3) is 4.05. The summed E-state index contributed by atoms with van der Waals surface area (Å²) in [5.74, 6) is -0.395. The Labute approximate surface area is 150 Å². The van der Waals surface area contributed by atoms with Gasteiger partial charge in [0.2, 0.25) is 11.8 Å². The molecule has 0 bridgehead atoms. The van der Waals surface area contributed by atoms with E-state index in [4.69, 9.17) is 4.74 Å². The molecule has 1 aromatic carbocycles. The van der Waals surface area contributed by atoms with E-state index in [-0.39, 0.29) is 30.8 Å². The molecule has 1 aliphatic rings. The zero-order valence-corrected chi connectivity index (χ0v) is 14.3. The summed E-state index contributed by atoms with van der Waals surface area (Å²) >= 11 is 0. The first-order valence-corrected chi connectivity index (χ1v) is 8.19. The lowest BCUT2D eigenvalue weighted by molar-refractivity contribution is -0.128. The van der Waals surface area contributed by atoms with Crippen LogP contribution < -0.4 is 4.74 Å². The van der Waals surface area contributed by atoms with Gasteiger partial charge in [-0.3, -0.25) is 14.6 Å². The normalized spacial score (nSPS) is 14.3. The van der Waals surface area contributed by atoms with Gasteiger partial charge in [0.15, 0.2) is 11.6 Å². The zero-order chi connectivity index (χ0) is 18.5. The third-order valence-corrected chi connectivity index (χ3v) is 3.95. The Morgan fingerprint density at radius 3 is 2.88 bits per heavy atom. The van der Waals surface area contributed by atoms with Crippen molar-refractivity contribution >= 4 is 17.9 Å². The summed E-state index contributed by atoms with van der Waals surface area (Å²) in [6, 6.07) is 7.79. The van der Waals surface area contributed by atoms with Crippen molar-refractivity contribution in [1.82, 2.24) is 14.8 Å². The molecular weight excluding hydrogens is 337 g/mol. The molecule has 0 radical (unpaired) electrons. The van der Waals surface area contributed by atoms with Crippen molar-refractivity contribution in [2.24, 2.45) is 0 Å². The van der Waals surface area contributed by atoms with Gasteiger partial charge >= 0.3 is 0 Å². The number of halogens is 1. The van der Waals surface area contributed by atoms with Crippen molar-refractivity contribution in [2.75, 3.05) is 19.8 Å². The van der Waals surface area contributed by atoms with E-state index in [1.807, 2.05) is 6.92 Å². The number of ether oxygens (including phenoxy) is 1. The Hall–Kier alpha value is -3.22. The lowest BCUT2D eigenvalue weighted by Crippen LogP contribution is -2.29. The molecule has 2 aromatic rings. The van der Waals surface area contributed by atoms with Gasteiger partial charge in [-0.05, 0) is 42.8 Å². The first-order chi connectivity index (χ1) is 12.6. The van der Waals surface area contributed by atoms with Crippen LogP contribution in [0.15, 0.2) is 48.8 Å². The van der Waals surface area contributed by atoms with Crippen LogP contribution in [0.3, 0.4) is 0 Å². The minimum Gasteiger partial charge on any atom is -0.453 e. The molecule has 0 unspecified atom stereocenters. The average molecular weight is 355 g/mol. The highest BCUT2D eigenvalue weighted by Crippen LogP contribution is 2.24. The Bertz CT molecular complexity index is 839. The van der Waals surface area contributed by atoms with Gasteiger partial charge in [-0.1, -0.05) is 6.07 Å². The second kappa shape index (κ2) is 7.77. The molecule has 3 rings (SSSR count). The summed E-state index contributed by atoms with van der Waals surface area (Å²) in [5.41, 5.74) is 0.521. The Kier molecular flexibility index (Phi) is 5.26. The first kappa shape index (κ1) is 17.6. The summed E-state index contributed by atoms with van der Waals surface area (Å²) in [4.78, 5) is 30.8. The number of carbonyl (C=O) groups is 2. The number of likely N-dealkylation sites (N-methyl/N-ethyl adjacent to an activating group) is 1. The Balaban J connectivity index is 1.65. The Morgan fingerprint density at radius 1 is 1.38 bits per heavy atom. The predicted octanol–water partition coefficient (Wildman–Crippen LogP) is 2.67. The van der Waals surface area contributed by atoms with Gasteiger partial charge in [0, 0.05) is 18.8 Å². The van der Waals surface area contributed by atoms with Gasteiger partial charge in [0.1, 0.15) is 12.3 Å².